The topological polar surface area (TPSA) is 256 Å². The van der Waals surface area contributed by atoms with E-state index < -0.39 is 35.8 Å². The minimum atomic E-state index is -4.81. The first-order valence-electron chi connectivity index (χ1n) is 12.7. The lowest BCUT2D eigenvalue weighted by Crippen LogP contribution is -2.37. The summed E-state index contributed by atoms with van der Waals surface area (Å²) in [7, 11) is -9.55. The number of morpholine rings is 1. The van der Waals surface area contributed by atoms with Crippen LogP contribution in [0.15, 0.2) is 61.3 Å². The summed E-state index contributed by atoms with van der Waals surface area (Å²) in [4.78, 5) is 13.0. The molecule has 1 aromatic heterocycles. The molecule has 0 amide bonds. The molecule has 3 aromatic carbocycles. The van der Waals surface area contributed by atoms with Gasteiger partial charge in [-0.05, 0) is 59.8 Å². The smallest absolute Gasteiger partial charge is 0.296 e. The van der Waals surface area contributed by atoms with Crippen LogP contribution in [0.3, 0.4) is 0 Å². The third-order valence-electron chi connectivity index (χ3n) is 6.36. The Morgan fingerprint density at radius 3 is 2.43 bits per heavy atom. The van der Waals surface area contributed by atoms with Crippen LogP contribution < -0.4 is 10.2 Å². The van der Waals surface area contributed by atoms with Crippen molar-refractivity contribution in [3.05, 3.63) is 47.2 Å². The Morgan fingerprint density at radius 2 is 1.76 bits per heavy atom. The molecule has 22 heteroatoms. The molecule has 1 saturated heterocycles. The lowest BCUT2D eigenvalue weighted by molar-refractivity contribution is -0.432. The summed E-state index contributed by atoms with van der Waals surface area (Å²) in [5, 5.41) is 34.2. The average molecular weight is 716 g/mol. The van der Waals surface area contributed by atoms with Gasteiger partial charge in [0.1, 0.15) is 16.3 Å². The van der Waals surface area contributed by atoms with Gasteiger partial charge in [0.2, 0.25) is 17.2 Å². The van der Waals surface area contributed by atoms with Crippen molar-refractivity contribution in [2.45, 2.75) is 21.6 Å². The van der Waals surface area contributed by atoms with Crippen LogP contribution in [0.1, 0.15) is 5.56 Å². The van der Waals surface area contributed by atoms with Crippen LogP contribution in [0.25, 0.3) is 10.8 Å². The van der Waals surface area contributed by atoms with E-state index in [2.05, 4.69) is 39.9 Å². The molecule has 0 bridgehead atoms. The summed E-state index contributed by atoms with van der Waals surface area (Å²) in [6.45, 7) is 3.33. The number of hydrogen-bond donors (Lipinski definition) is 5. The fourth-order valence-electron chi connectivity index (χ4n) is 4.35. The maximum Gasteiger partial charge on any atom is 0.296 e. The normalized spacial score (nSPS) is 14.3. The molecule has 2 heterocycles. The molecule has 1 aliphatic rings. The van der Waals surface area contributed by atoms with Gasteiger partial charge in [-0.15, -0.1) is 14.6 Å². The van der Waals surface area contributed by atoms with Gasteiger partial charge in [-0.25, -0.2) is 5.26 Å². The van der Waals surface area contributed by atoms with Crippen molar-refractivity contribution >= 4 is 83.6 Å². The Kier molecular flexibility index (Phi) is 9.88. The third-order valence-corrected chi connectivity index (χ3v) is 8.87. The van der Waals surface area contributed by atoms with Crippen molar-refractivity contribution in [2.24, 2.45) is 10.2 Å². The van der Waals surface area contributed by atoms with Crippen molar-refractivity contribution in [3.63, 3.8) is 0 Å². The Morgan fingerprint density at radius 1 is 1.02 bits per heavy atom. The summed E-state index contributed by atoms with van der Waals surface area (Å²) < 4.78 is 77.7. The number of aryl methyl sites for hydroxylation is 1. The Hall–Kier alpha value is -3.77. The van der Waals surface area contributed by atoms with Gasteiger partial charge in [-0.1, -0.05) is 11.1 Å². The maximum atomic E-state index is 12.2. The van der Waals surface area contributed by atoms with E-state index in [1.807, 2.05) is 0 Å². The number of azo groups is 1. The molecule has 0 radical (unpaired) electrons. The first kappa shape index (κ1) is 33.6. The number of nitrogens with one attached hydrogen (secondary N) is 1. The van der Waals surface area contributed by atoms with Gasteiger partial charge in [0.25, 0.3) is 20.2 Å². The van der Waals surface area contributed by atoms with Crippen molar-refractivity contribution in [2.75, 3.05) is 36.5 Å². The fourth-order valence-corrected chi connectivity index (χ4v) is 6.26. The zero-order valence-electron chi connectivity index (χ0n) is 23.2. The molecule has 5 rings (SSSR count). The third kappa shape index (κ3) is 7.60. The number of aromatic hydroxyl groups is 1. The van der Waals surface area contributed by atoms with E-state index in [1.54, 1.807) is 11.8 Å². The molecule has 0 saturated carbocycles. The number of halogens is 1. The highest BCUT2D eigenvalue weighted by Crippen LogP contribution is 2.47. The standard InChI is InChI=1S/C24H22ClN7O11S3/c1-12-2-3-15(18(8-12)46(38,39)40)30-31-20-17(44-43-42-34)10-13-9-14(45(35,36)37)11-16(19(13)21(20)33)26-23-27-22(25)28-24(29-23)32-4-6-41-7-5-32/h2-3,8-11,33-34H,4-7H2,1H3,(H,35,36,37)(H,38,39,40)(H,26,27,28,29). The molecule has 5 N–H and O–H groups in total. The largest absolute Gasteiger partial charge is 0.505 e. The lowest BCUT2D eigenvalue weighted by atomic mass is 10.1. The van der Waals surface area contributed by atoms with Crippen molar-refractivity contribution < 1.29 is 50.4 Å². The number of phenolic OH excluding ortho intramolecular Hbond substituents is 1. The predicted octanol–water partition coefficient (Wildman–Crippen LogP) is 4.61. The molecule has 1 fully saturated rings. The van der Waals surface area contributed by atoms with Gasteiger partial charge in [0.05, 0.1) is 40.7 Å². The number of ether oxygens (including phenoxy) is 1. The molecule has 1 aliphatic heterocycles. The van der Waals surface area contributed by atoms with Gasteiger partial charge < -0.3 is 20.1 Å². The first-order valence-corrected chi connectivity index (χ1v) is 16.7. The molecule has 18 nitrogen and oxygen atoms in total. The summed E-state index contributed by atoms with van der Waals surface area (Å²) >= 11 is 6.47. The van der Waals surface area contributed by atoms with Crippen molar-refractivity contribution in [1.29, 1.82) is 0 Å². The Bertz CT molecular complexity index is 2060. The quantitative estimate of drug-likeness (QED) is 0.0494. The maximum absolute atomic E-state index is 12.2. The van der Waals surface area contributed by atoms with E-state index in [-0.39, 0.29) is 49.9 Å². The second-order valence-corrected chi connectivity index (χ2v) is 13.3. The first-order chi connectivity index (χ1) is 21.7. The van der Waals surface area contributed by atoms with Crippen LogP contribution in [-0.2, 0) is 34.3 Å². The highest BCUT2D eigenvalue weighted by molar-refractivity contribution is 7.94. The number of benzene rings is 3. The zero-order valence-corrected chi connectivity index (χ0v) is 26.4. The van der Waals surface area contributed by atoms with E-state index in [4.69, 9.17) is 21.6 Å². The van der Waals surface area contributed by atoms with Crippen LogP contribution in [0, 0.1) is 6.92 Å². The molecule has 46 heavy (non-hydrogen) atoms. The lowest BCUT2D eigenvalue weighted by Gasteiger charge is -2.26. The molecular formula is C24H22ClN7O11S3. The highest BCUT2D eigenvalue weighted by atomic mass is 35.5. The van der Waals surface area contributed by atoms with Crippen LogP contribution in [0.5, 0.6) is 5.75 Å². The molecular weight excluding hydrogens is 694 g/mol. The molecule has 4 aromatic rings. The summed E-state index contributed by atoms with van der Waals surface area (Å²) in [5.41, 5.74) is -0.329. The van der Waals surface area contributed by atoms with Gasteiger partial charge in [0.15, 0.2) is 5.75 Å². The number of nitrogens with zero attached hydrogens (tertiary/aromatic N) is 6. The fraction of sp³-hybridized carbons (Fsp3) is 0.208. The predicted molar refractivity (Wildman–Crippen MR) is 162 cm³/mol. The van der Waals surface area contributed by atoms with Crippen molar-refractivity contribution in [1.82, 2.24) is 15.0 Å². The molecule has 0 spiro atoms. The van der Waals surface area contributed by atoms with E-state index in [9.17, 15) is 31.0 Å². The summed E-state index contributed by atoms with van der Waals surface area (Å²) in [6, 6.07) is 7.18. The second kappa shape index (κ2) is 13.5. The monoisotopic (exact) mass is 715 g/mol. The minimum Gasteiger partial charge on any atom is -0.505 e. The van der Waals surface area contributed by atoms with Gasteiger partial charge in [-0.2, -0.15) is 31.8 Å². The molecule has 0 aliphatic carbocycles. The zero-order chi connectivity index (χ0) is 33.2. The number of aromatic nitrogens is 3. The Balaban J connectivity index is 1.70. The van der Waals surface area contributed by atoms with Gasteiger partial charge in [-0.3, -0.25) is 9.11 Å². The van der Waals surface area contributed by atoms with Gasteiger partial charge >= 0.3 is 0 Å². The van der Waals surface area contributed by atoms with Crippen LogP contribution >= 0.6 is 23.6 Å². The van der Waals surface area contributed by atoms with Gasteiger partial charge in [0, 0.05) is 18.5 Å². The van der Waals surface area contributed by atoms with E-state index in [0.717, 1.165) is 18.2 Å². The SMILES string of the molecule is Cc1ccc(N=Nc2c(SOOO)cc3cc(S(=O)(=O)O)cc(Nc4nc(Cl)nc(N5CCOCC5)n4)c3c2O)c(S(=O)(=O)O)c1. The highest BCUT2D eigenvalue weighted by Gasteiger charge is 2.24. The Labute approximate surface area is 269 Å². The van der Waals surface area contributed by atoms with Crippen LogP contribution in [-0.4, -0.2) is 77.6 Å². The minimum absolute atomic E-state index is 0.0133. The summed E-state index contributed by atoms with van der Waals surface area (Å²) in [5.74, 6) is -0.637. The average Bonchev–Trinajstić information content (AvgIpc) is 2.99. The van der Waals surface area contributed by atoms with E-state index in [0.29, 0.717) is 43.9 Å². The molecule has 0 unspecified atom stereocenters. The number of rotatable bonds is 10. The number of hydrogen-bond acceptors (Lipinski definition) is 17. The number of phenols is 1. The van der Waals surface area contributed by atoms with E-state index >= 15 is 0 Å². The summed E-state index contributed by atoms with van der Waals surface area (Å²) in [6.07, 6.45) is 0. The van der Waals surface area contributed by atoms with Crippen LogP contribution in [0.2, 0.25) is 5.28 Å². The van der Waals surface area contributed by atoms with E-state index in [1.165, 1.54) is 18.2 Å². The number of fused-ring (bicyclic) bond motifs is 1. The molecule has 244 valence electrons. The van der Waals surface area contributed by atoms with Crippen molar-refractivity contribution in [3.8, 4) is 5.75 Å². The molecule has 0 atom stereocenters. The number of anilines is 3. The second-order valence-electron chi connectivity index (χ2n) is 9.44. The van der Waals surface area contributed by atoms with Crippen LogP contribution in [0.4, 0.5) is 29.0 Å².